The average Bonchev–Trinajstić information content (AvgIpc) is 3.19. The van der Waals surface area contributed by atoms with E-state index in [9.17, 15) is 4.79 Å². The highest BCUT2D eigenvalue weighted by molar-refractivity contribution is 5.99. The van der Waals surface area contributed by atoms with Gasteiger partial charge >= 0.3 is 0 Å². The number of primary amides is 1. The van der Waals surface area contributed by atoms with E-state index in [1.165, 1.54) is 16.7 Å². The number of nitrogens with two attached hydrogens (primary N) is 1. The van der Waals surface area contributed by atoms with Crippen molar-refractivity contribution in [3.63, 3.8) is 0 Å². The summed E-state index contributed by atoms with van der Waals surface area (Å²) < 4.78 is 0. The van der Waals surface area contributed by atoms with Crippen LogP contribution in [0.3, 0.4) is 0 Å². The lowest BCUT2D eigenvalue weighted by Crippen LogP contribution is -2.45. The van der Waals surface area contributed by atoms with Crippen LogP contribution in [0.25, 0.3) is 0 Å². The molecule has 34 heavy (non-hydrogen) atoms. The Balaban J connectivity index is 1.50. The van der Waals surface area contributed by atoms with E-state index in [1.807, 2.05) is 6.20 Å². The zero-order chi connectivity index (χ0) is 24.4. The number of piperazine rings is 1. The van der Waals surface area contributed by atoms with Gasteiger partial charge in [-0.05, 0) is 68.1 Å². The fraction of sp³-hybridized carbons (Fsp3) is 0.423. The predicted octanol–water partition coefficient (Wildman–Crippen LogP) is 3.09. The van der Waals surface area contributed by atoms with Crippen molar-refractivity contribution < 1.29 is 4.79 Å². The molecule has 8 heteroatoms. The number of likely N-dealkylation sites (N-methyl/N-ethyl adjacent to an activating group) is 1. The molecular weight excluding hydrogens is 426 g/mol. The minimum Gasteiger partial charge on any atom is -0.365 e. The Morgan fingerprint density at radius 3 is 2.29 bits per heavy atom. The average molecular weight is 462 g/mol. The molecule has 8 nitrogen and oxygen atoms in total. The van der Waals surface area contributed by atoms with Crippen LogP contribution >= 0.6 is 0 Å². The number of nitrogens with one attached hydrogen (secondary N) is 2. The number of pyridine rings is 1. The molecule has 1 amide bonds. The van der Waals surface area contributed by atoms with Gasteiger partial charge in [0.1, 0.15) is 11.4 Å². The number of amides is 1. The maximum atomic E-state index is 12.3. The van der Waals surface area contributed by atoms with Gasteiger partial charge in [0.25, 0.3) is 5.91 Å². The van der Waals surface area contributed by atoms with Crippen molar-refractivity contribution in [2.75, 3.05) is 43.4 Å². The third-order valence-corrected chi connectivity index (χ3v) is 6.83. The lowest BCUT2D eigenvalue weighted by Gasteiger charge is -2.34. The first-order chi connectivity index (χ1) is 16.2. The number of aromatic amines is 1. The largest absolute Gasteiger partial charge is 0.365 e. The van der Waals surface area contributed by atoms with Gasteiger partial charge in [0.2, 0.25) is 0 Å². The predicted molar refractivity (Wildman–Crippen MR) is 137 cm³/mol. The number of nitrogens with zero attached hydrogens (tertiary/aromatic N) is 4. The van der Waals surface area contributed by atoms with Crippen LogP contribution in [0.5, 0.6) is 0 Å². The van der Waals surface area contributed by atoms with Crippen LogP contribution < -0.4 is 16.0 Å². The van der Waals surface area contributed by atoms with Crippen LogP contribution in [0.4, 0.5) is 11.6 Å². The van der Waals surface area contributed by atoms with Crippen molar-refractivity contribution in [2.24, 2.45) is 5.73 Å². The van der Waals surface area contributed by atoms with Crippen molar-refractivity contribution in [3.05, 3.63) is 69.0 Å². The Morgan fingerprint density at radius 1 is 1.03 bits per heavy atom. The van der Waals surface area contributed by atoms with Crippen molar-refractivity contribution >= 4 is 17.5 Å². The second kappa shape index (κ2) is 9.85. The van der Waals surface area contributed by atoms with Gasteiger partial charge in [-0.3, -0.25) is 9.89 Å². The summed E-state index contributed by atoms with van der Waals surface area (Å²) in [5.41, 5.74) is 13.9. The van der Waals surface area contributed by atoms with E-state index in [1.54, 1.807) is 0 Å². The van der Waals surface area contributed by atoms with Crippen LogP contribution in [0.15, 0.2) is 24.4 Å². The summed E-state index contributed by atoms with van der Waals surface area (Å²) in [6, 6.07) is 6.45. The Hall–Kier alpha value is -3.39. The second-order valence-electron chi connectivity index (χ2n) is 9.45. The standard InChI is InChI=1S/C26H35N7O/c1-16-10-20(11-17(2)19(16)4)14-28-25-23(24(27)34)22(30-31-25)13-21-12-18(3)26(29-15-21)33-8-6-32(5)7-9-33/h10-12,15H,6-9,13-14H2,1-5H3,(H2,27,34)(H2,28,30,31). The molecule has 0 bridgehead atoms. The van der Waals surface area contributed by atoms with Gasteiger partial charge in [0.05, 0.1) is 5.69 Å². The summed E-state index contributed by atoms with van der Waals surface area (Å²) in [5.74, 6) is 1.01. The van der Waals surface area contributed by atoms with E-state index in [0.29, 0.717) is 30.0 Å². The fourth-order valence-corrected chi connectivity index (χ4v) is 4.59. The maximum absolute atomic E-state index is 12.3. The molecule has 0 saturated carbocycles. The minimum absolute atomic E-state index is 0.404. The van der Waals surface area contributed by atoms with Crippen molar-refractivity contribution in [1.82, 2.24) is 20.1 Å². The highest BCUT2D eigenvalue weighted by Gasteiger charge is 2.20. The number of aromatic nitrogens is 3. The number of carbonyl (C=O) groups is 1. The summed E-state index contributed by atoms with van der Waals surface area (Å²) in [7, 11) is 2.15. The van der Waals surface area contributed by atoms with Crippen LogP contribution in [-0.2, 0) is 13.0 Å². The molecule has 0 radical (unpaired) electrons. The molecule has 1 aromatic carbocycles. The molecule has 4 N–H and O–H groups in total. The highest BCUT2D eigenvalue weighted by Crippen LogP contribution is 2.24. The third-order valence-electron chi connectivity index (χ3n) is 6.83. The van der Waals surface area contributed by atoms with E-state index in [4.69, 9.17) is 10.7 Å². The van der Waals surface area contributed by atoms with Crippen LogP contribution in [0.2, 0.25) is 0 Å². The molecule has 1 saturated heterocycles. The molecular formula is C26H35N7O. The summed E-state index contributed by atoms with van der Waals surface area (Å²) >= 11 is 0. The smallest absolute Gasteiger partial charge is 0.254 e. The number of aryl methyl sites for hydroxylation is 3. The van der Waals surface area contributed by atoms with Crippen LogP contribution in [0, 0.1) is 27.7 Å². The quantitative estimate of drug-likeness (QED) is 0.500. The van der Waals surface area contributed by atoms with Gasteiger partial charge in [0.15, 0.2) is 5.82 Å². The summed E-state index contributed by atoms with van der Waals surface area (Å²) in [6.07, 6.45) is 2.39. The topological polar surface area (TPSA) is 103 Å². The molecule has 0 unspecified atom stereocenters. The van der Waals surface area contributed by atoms with Gasteiger partial charge in [-0.25, -0.2) is 4.98 Å². The summed E-state index contributed by atoms with van der Waals surface area (Å²) in [5, 5.41) is 10.7. The zero-order valence-corrected chi connectivity index (χ0v) is 20.8. The zero-order valence-electron chi connectivity index (χ0n) is 20.8. The first-order valence-electron chi connectivity index (χ1n) is 11.8. The molecule has 1 aliphatic heterocycles. The number of hydrogen-bond donors (Lipinski definition) is 3. The molecule has 4 rings (SSSR count). The number of carbonyl (C=O) groups excluding carboxylic acids is 1. The van der Waals surface area contributed by atoms with Gasteiger partial charge in [-0.2, -0.15) is 5.10 Å². The first-order valence-corrected chi connectivity index (χ1v) is 11.8. The van der Waals surface area contributed by atoms with Gasteiger partial charge in [0, 0.05) is 45.3 Å². The van der Waals surface area contributed by atoms with Crippen LogP contribution in [-0.4, -0.2) is 59.2 Å². The lowest BCUT2D eigenvalue weighted by atomic mass is 10.0. The van der Waals surface area contributed by atoms with E-state index in [2.05, 4.69) is 78.3 Å². The highest BCUT2D eigenvalue weighted by atomic mass is 16.1. The first kappa shape index (κ1) is 23.8. The Morgan fingerprint density at radius 2 is 1.68 bits per heavy atom. The Bertz CT molecular complexity index is 1170. The van der Waals surface area contributed by atoms with Gasteiger partial charge < -0.3 is 20.9 Å². The molecule has 0 spiro atoms. The number of hydrogen-bond acceptors (Lipinski definition) is 6. The van der Waals surface area contributed by atoms with Crippen molar-refractivity contribution in [3.8, 4) is 0 Å². The summed E-state index contributed by atoms with van der Waals surface area (Å²) in [6.45, 7) is 13.0. The van der Waals surface area contributed by atoms with Gasteiger partial charge in [-0.15, -0.1) is 0 Å². The van der Waals surface area contributed by atoms with E-state index in [-0.39, 0.29) is 0 Å². The Labute approximate surface area is 201 Å². The molecule has 0 atom stereocenters. The molecule has 3 aromatic rings. The van der Waals surface area contributed by atoms with Gasteiger partial charge in [-0.1, -0.05) is 18.2 Å². The van der Waals surface area contributed by atoms with Crippen molar-refractivity contribution in [2.45, 2.75) is 40.7 Å². The number of anilines is 2. The van der Waals surface area contributed by atoms with E-state index >= 15 is 0 Å². The maximum Gasteiger partial charge on any atom is 0.254 e. The molecule has 180 valence electrons. The van der Waals surface area contributed by atoms with E-state index in [0.717, 1.165) is 48.7 Å². The normalized spacial score (nSPS) is 14.4. The van der Waals surface area contributed by atoms with E-state index < -0.39 is 5.91 Å². The van der Waals surface area contributed by atoms with Crippen LogP contribution in [0.1, 0.15) is 49.4 Å². The lowest BCUT2D eigenvalue weighted by molar-refractivity contribution is 0.100. The Kier molecular flexibility index (Phi) is 6.88. The molecule has 0 aliphatic carbocycles. The monoisotopic (exact) mass is 461 g/mol. The molecule has 3 heterocycles. The third kappa shape index (κ3) is 5.07. The molecule has 2 aromatic heterocycles. The fourth-order valence-electron chi connectivity index (χ4n) is 4.59. The molecule has 1 fully saturated rings. The minimum atomic E-state index is -0.499. The molecule has 1 aliphatic rings. The van der Waals surface area contributed by atoms with Crippen molar-refractivity contribution in [1.29, 1.82) is 0 Å². The SMILES string of the molecule is Cc1cc(Cc2[nH]nc(NCc3cc(C)c(C)c(C)c3)c2C(N)=O)cnc1N1CCN(C)CC1. The number of H-pyrrole nitrogens is 1. The summed E-state index contributed by atoms with van der Waals surface area (Å²) in [4.78, 5) is 21.7. The second-order valence-corrected chi connectivity index (χ2v) is 9.45. The number of benzene rings is 1. The number of rotatable bonds is 7.